The van der Waals surface area contributed by atoms with Crippen LogP contribution >= 0.6 is 0 Å². The van der Waals surface area contributed by atoms with Crippen LogP contribution in [0, 0.1) is 0 Å². The monoisotopic (exact) mass is 384 g/mol. The number of amides is 6. The molecule has 0 aromatic carbocycles. The van der Waals surface area contributed by atoms with E-state index < -0.39 is 48.0 Å². The highest BCUT2D eigenvalue weighted by atomic mass is 16.5. The molecule has 0 radical (unpaired) electrons. The van der Waals surface area contributed by atoms with E-state index in [9.17, 15) is 24.0 Å². The van der Waals surface area contributed by atoms with Gasteiger partial charge in [0.15, 0.2) is 6.10 Å². The standard InChI is InChI=1S/C17H28N4O6/c1-6-7-8-17(5)14(24)21(16(26)20-17)9-12(22)27-11(4)13(23)19-15(25)18-10(2)3/h10-11H,6-9H2,1-5H3,(H,20,26)(H2,18,19,23,25)/t11-,17-/m0/s1. The number of rotatable bonds is 8. The summed E-state index contributed by atoms with van der Waals surface area (Å²) in [5, 5.41) is 7.09. The van der Waals surface area contributed by atoms with Crippen molar-refractivity contribution in [2.24, 2.45) is 0 Å². The molecule has 152 valence electrons. The largest absolute Gasteiger partial charge is 0.451 e. The Labute approximate surface area is 158 Å². The number of ether oxygens (including phenoxy) is 1. The van der Waals surface area contributed by atoms with Crippen LogP contribution in [0.2, 0.25) is 0 Å². The summed E-state index contributed by atoms with van der Waals surface area (Å²) >= 11 is 0. The lowest BCUT2D eigenvalue weighted by atomic mass is 9.95. The van der Waals surface area contributed by atoms with Crippen LogP contribution in [0.25, 0.3) is 0 Å². The zero-order valence-electron chi connectivity index (χ0n) is 16.4. The van der Waals surface area contributed by atoms with Crippen LogP contribution in [-0.2, 0) is 19.1 Å². The van der Waals surface area contributed by atoms with Crippen molar-refractivity contribution in [3.63, 3.8) is 0 Å². The van der Waals surface area contributed by atoms with Crippen LogP contribution in [0.15, 0.2) is 0 Å². The molecule has 0 saturated carbocycles. The molecule has 0 spiro atoms. The van der Waals surface area contributed by atoms with Crippen molar-refractivity contribution in [1.29, 1.82) is 0 Å². The number of nitrogens with one attached hydrogen (secondary N) is 3. The molecule has 27 heavy (non-hydrogen) atoms. The summed E-state index contributed by atoms with van der Waals surface area (Å²) in [5.74, 6) is -2.25. The van der Waals surface area contributed by atoms with E-state index in [0.29, 0.717) is 6.42 Å². The normalized spacial score (nSPS) is 20.3. The summed E-state index contributed by atoms with van der Waals surface area (Å²) in [6, 6.07) is -1.56. The fraction of sp³-hybridized carbons (Fsp3) is 0.706. The van der Waals surface area contributed by atoms with Crippen LogP contribution in [-0.4, -0.2) is 59.0 Å². The van der Waals surface area contributed by atoms with Gasteiger partial charge < -0.3 is 15.4 Å². The molecule has 1 aliphatic rings. The minimum Gasteiger partial charge on any atom is -0.451 e. The maximum atomic E-state index is 12.4. The maximum Gasteiger partial charge on any atom is 0.327 e. The van der Waals surface area contributed by atoms with Crippen molar-refractivity contribution >= 4 is 29.8 Å². The Bertz CT molecular complexity index is 621. The predicted octanol–water partition coefficient (Wildman–Crippen LogP) is 0.653. The van der Waals surface area contributed by atoms with Gasteiger partial charge in [0, 0.05) is 6.04 Å². The molecule has 1 heterocycles. The average Bonchev–Trinajstić information content (AvgIpc) is 2.75. The highest BCUT2D eigenvalue weighted by Crippen LogP contribution is 2.23. The number of carbonyl (C=O) groups is 5. The molecule has 2 atom stereocenters. The first-order valence-corrected chi connectivity index (χ1v) is 8.95. The van der Waals surface area contributed by atoms with E-state index in [-0.39, 0.29) is 6.04 Å². The van der Waals surface area contributed by atoms with Crippen LogP contribution in [0.3, 0.4) is 0 Å². The highest BCUT2D eigenvalue weighted by Gasteiger charge is 2.48. The molecule has 10 heteroatoms. The number of nitrogens with zero attached hydrogens (tertiary/aromatic N) is 1. The zero-order valence-corrected chi connectivity index (χ0v) is 16.4. The summed E-state index contributed by atoms with van der Waals surface area (Å²) in [7, 11) is 0. The summed E-state index contributed by atoms with van der Waals surface area (Å²) < 4.78 is 4.92. The van der Waals surface area contributed by atoms with E-state index >= 15 is 0 Å². The van der Waals surface area contributed by atoms with Gasteiger partial charge in [0.05, 0.1) is 0 Å². The Morgan fingerprint density at radius 1 is 1.22 bits per heavy atom. The quantitative estimate of drug-likeness (QED) is 0.416. The van der Waals surface area contributed by atoms with Crippen LogP contribution in [0.4, 0.5) is 9.59 Å². The minimum absolute atomic E-state index is 0.169. The summed E-state index contributed by atoms with van der Waals surface area (Å²) in [6.07, 6.45) is 0.806. The maximum absolute atomic E-state index is 12.4. The van der Waals surface area contributed by atoms with Crippen LogP contribution < -0.4 is 16.0 Å². The lowest BCUT2D eigenvalue weighted by Crippen LogP contribution is -2.47. The first-order valence-electron chi connectivity index (χ1n) is 8.95. The summed E-state index contributed by atoms with van der Waals surface area (Å²) in [6.45, 7) is 7.69. The van der Waals surface area contributed by atoms with Crippen molar-refractivity contribution < 1.29 is 28.7 Å². The van der Waals surface area contributed by atoms with Gasteiger partial charge in [0.2, 0.25) is 0 Å². The summed E-state index contributed by atoms with van der Waals surface area (Å²) in [5.41, 5.74) is -1.05. The van der Waals surface area contributed by atoms with E-state index in [2.05, 4.69) is 10.6 Å². The summed E-state index contributed by atoms with van der Waals surface area (Å²) in [4.78, 5) is 60.6. The molecule has 0 bridgehead atoms. The molecule has 10 nitrogen and oxygen atoms in total. The number of hydrogen-bond acceptors (Lipinski definition) is 6. The Morgan fingerprint density at radius 2 is 1.85 bits per heavy atom. The first-order chi connectivity index (χ1) is 12.5. The highest BCUT2D eigenvalue weighted by molar-refractivity contribution is 6.08. The second-order valence-electron chi connectivity index (χ2n) is 7.01. The molecule has 1 saturated heterocycles. The van der Waals surface area contributed by atoms with Gasteiger partial charge in [-0.2, -0.15) is 0 Å². The van der Waals surface area contributed by atoms with Crippen LogP contribution in [0.5, 0.6) is 0 Å². The molecule has 0 unspecified atom stereocenters. The number of imide groups is 2. The van der Waals surface area contributed by atoms with Crippen molar-refractivity contribution in [1.82, 2.24) is 20.9 Å². The number of esters is 1. The van der Waals surface area contributed by atoms with Crippen molar-refractivity contribution in [2.45, 2.75) is 71.6 Å². The molecular weight excluding hydrogens is 356 g/mol. The first kappa shape index (κ1) is 22.4. The zero-order chi connectivity index (χ0) is 20.8. The fourth-order valence-electron chi connectivity index (χ4n) is 2.52. The molecule has 1 rings (SSSR count). The van der Waals surface area contributed by atoms with Gasteiger partial charge >= 0.3 is 18.0 Å². The fourth-order valence-corrected chi connectivity index (χ4v) is 2.52. The van der Waals surface area contributed by atoms with E-state index in [1.165, 1.54) is 6.92 Å². The van der Waals surface area contributed by atoms with Gasteiger partial charge in [-0.25, -0.2) is 9.59 Å². The second kappa shape index (κ2) is 9.33. The average molecular weight is 384 g/mol. The van der Waals surface area contributed by atoms with Crippen LogP contribution in [0.1, 0.15) is 53.9 Å². The molecule has 6 amide bonds. The minimum atomic E-state index is -1.26. The van der Waals surface area contributed by atoms with Gasteiger partial charge in [-0.3, -0.25) is 24.6 Å². The predicted molar refractivity (Wildman–Crippen MR) is 95.5 cm³/mol. The molecule has 1 fully saturated rings. The molecule has 3 N–H and O–H groups in total. The van der Waals surface area contributed by atoms with E-state index in [4.69, 9.17) is 4.74 Å². The van der Waals surface area contributed by atoms with Gasteiger partial charge in [-0.1, -0.05) is 19.8 Å². The smallest absolute Gasteiger partial charge is 0.327 e. The lowest BCUT2D eigenvalue weighted by Gasteiger charge is -2.21. The van der Waals surface area contributed by atoms with Crippen molar-refractivity contribution in [2.75, 3.05) is 6.54 Å². The Hall–Kier alpha value is -2.65. The van der Waals surface area contributed by atoms with Gasteiger partial charge in [-0.05, 0) is 34.1 Å². The third-order valence-electron chi connectivity index (χ3n) is 4.00. The van der Waals surface area contributed by atoms with E-state index in [1.54, 1.807) is 20.8 Å². The topological polar surface area (TPSA) is 134 Å². The van der Waals surface area contributed by atoms with E-state index in [1.807, 2.05) is 12.2 Å². The number of unbranched alkanes of at least 4 members (excludes halogenated alkanes) is 1. The molecular formula is C17H28N4O6. The van der Waals surface area contributed by atoms with Crippen molar-refractivity contribution in [3.05, 3.63) is 0 Å². The number of carbonyl (C=O) groups excluding carboxylic acids is 5. The molecule has 1 aliphatic heterocycles. The SMILES string of the molecule is CCCC[C@]1(C)NC(=O)N(CC(=O)O[C@@H](C)C(=O)NC(=O)NC(C)C)C1=O. The Balaban J connectivity index is 2.58. The lowest BCUT2D eigenvalue weighted by molar-refractivity contribution is -0.156. The third-order valence-corrected chi connectivity index (χ3v) is 4.00. The molecule has 0 aromatic heterocycles. The second-order valence-corrected chi connectivity index (χ2v) is 7.01. The van der Waals surface area contributed by atoms with Gasteiger partial charge in [0.1, 0.15) is 12.1 Å². The number of urea groups is 2. The third kappa shape index (κ3) is 6.22. The molecule has 0 aromatic rings. The molecule has 0 aliphatic carbocycles. The van der Waals surface area contributed by atoms with Crippen molar-refractivity contribution in [3.8, 4) is 0 Å². The Morgan fingerprint density at radius 3 is 2.41 bits per heavy atom. The van der Waals surface area contributed by atoms with Gasteiger partial charge in [0.25, 0.3) is 11.8 Å². The number of hydrogen-bond donors (Lipinski definition) is 3. The Kier molecular flexibility index (Phi) is 7.74. The van der Waals surface area contributed by atoms with Gasteiger partial charge in [-0.15, -0.1) is 0 Å². The van der Waals surface area contributed by atoms with E-state index in [0.717, 1.165) is 17.7 Å².